The Hall–Kier alpha value is -3.46. The number of aryl methyl sites for hydroxylation is 1. The highest BCUT2D eigenvalue weighted by Crippen LogP contribution is 2.38. The van der Waals surface area contributed by atoms with Crippen molar-refractivity contribution in [2.45, 2.75) is 13.5 Å². The van der Waals surface area contributed by atoms with E-state index in [-0.39, 0.29) is 18.1 Å². The molecule has 1 N–H and O–H groups in total. The zero-order valence-electron chi connectivity index (χ0n) is 13.0. The van der Waals surface area contributed by atoms with Crippen molar-refractivity contribution in [3.05, 3.63) is 53.9 Å². The van der Waals surface area contributed by atoms with Crippen LogP contribution in [-0.2, 0) is 6.54 Å². The smallest absolute Gasteiger partial charge is 0.296 e. The molecular weight excluding hydrogens is 304 g/mol. The average Bonchev–Trinajstić information content (AvgIpc) is 2.86. The molecule has 2 heterocycles. The molecule has 1 aromatic carbocycles. The molecule has 0 bridgehead atoms. The van der Waals surface area contributed by atoms with Crippen LogP contribution >= 0.6 is 0 Å². The normalized spacial score (nSPS) is 11.0. The van der Waals surface area contributed by atoms with Crippen molar-refractivity contribution in [2.75, 3.05) is 0 Å². The number of nitrogens with zero attached hydrogens (tertiary/aromatic N) is 4. The van der Waals surface area contributed by atoms with Crippen LogP contribution in [0.3, 0.4) is 0 Å². The summed E-state index contributed by atoms with van der Waals surface area (Å²) in [5.74, 6) is 1.83. The van der Waals surface area contributed by atoms with Crippen molar-refractivity contribution in [3.8, 4) is 18.2 Å². The topological polar surface area (TPSA) is 79.8 Å². The number of para-hydroxylation sites is 1. The molecule has 0 spiro atoms. The number of terminal acetylenes is 1. The van der Waals surface area contributed by atoms with Gasteiger partial charge in [0.1, 0.15) is 0 Å². The molecule has 0 fully saturated rings. The van der Waals surface area contributed by atoms with Gasteiger partial charge in [-0.2, -0.15) is 0 Å². The molecule has 6 heteroatoms. The largest absolute Gasteiger partial charge is 0.493 e. The number of fused-ring (bicyclic) bond motifs is 1. The summed E-state index contributed by atoms with van der Waals surface area (Å²) in [6, 6.07) is 10.6. The third-order valence-corrected chi connectivity index (χ3v) is 3.57. The van der Waals surface area contributed by atoms with Crippen LogP contribution in [0.4, 0.5) is 5.69 Å². The van der Waals surface area contributed by atoms with Gasteiger partial charge < -0.3 is 5.11 Å². The molecule has 6 nitrogen and oxygen atoms in total. The van der Waals surface area contributed by atoms with Gasteiger partial charge in [-0.1, -0.05) is 24.1 Å². The first-order valence-corrected chi connectivity index (χ1v) is 7.24. The molecule has 0 aliphatic carbocycles. The minimum absolute atomic E-state index is 0.118. The molecule has 118 valence electrons. The molecule has 24 heavy (non-hydrogen) atoms. The van der Waals surface area contributed by atoms with Gasteiger partial charge in [0, 0.05) is 17.3 Å². The van der Waals surface area contributed by atoms with E-state index in [1.54, 1.807) is 22.8 Å². The first kappa shape index (κ1) is 15.4. The number of pyridine rings is 1. The third kappa shape index (κ3) is 2.75. The lowest BCUT2D eigenvalue weighted by Crippen LogP contribution is -1.95. The maximum Gasteiger partial charge on any atom is 0.296 e. The summed E-state index contributed by atoms with van der Waals surface area (Å²) in [6.07, 6.45) is 6.79. The van der Waals surface area contributed by atoms with E-state index in [0.717, 1.165) is 11.2 Å². The maximum absolute atomic E-state index is 12.1. The number of amides is 1. The molecule has 0 radical (unpaired) electrons. The maximum atomic E-state index is 12.1. The van der Waals surface area contributed by atoms with Crippen LogP contribution in [0, 0.1) is 19.3 Å². The molecule has 1 amide bonds. The number of carbonyl (C=O) groups excluding carboxylic acids is 1. The molecule has 0 unspecified atom stereocenters. The Bertz CT molecular complexity index is 979. The molecule has 3 rings (SSSR count). The number of aromatic hydroxyl groups is 1. The highest BCUT2D eigenvalue weighted by Gasteiger charge is 2.16. The minimum Gasteiger partial charge on any atom is -0.493 e. The minimum atomic E-state index is -0.532. The molecule has 2 aromatic heterocycles. The first-order valence-electron chi connectivity index (χ1n) is 7.24. The van der Waals surface area contributed by atoms with Gasteiger partial charge in [-0.3, -0.25) is 14.3 Å². The molecular formula is C18H14N4O2. The van der Waals surface area contributed by atoms with E-state index in [0.29, 0.717) is 10.9 Å². The van der Waals surface area contributed by atoms with E-state index >= 15 is 0 Å². The van der Waals surface area contributed by atoms with Gasteiger partial charge in [0.2, 0.25) is 5.88 Å². The fourth-order valence-electron chi connectivity index (χ4n) is 2.37. The fraction of sp³-hybridized carbons (Fsp3) is 0.111. The van der Waals surface area contributed by atoms with Gasteiger partial charge in [-0.15, -0.1) is 16.7 Å². The SMILES string of the molecule is C#CCn1c(O)c(N=NC(=O)c2ccc(C)nc2)c2ccccc21. The number of aromatic nitrogens is 2. The van der Waals surface area contributed by atoms with Crippen molar-refractivity contribution in [3.63, 3.8) is 0 Å². The highest BCUT2D eigenvalue weighted by atomic mass is 16.3. The Morgan fingerprint density at radius 3 is 2.83 bits per heavy atom. The number of rotatable bonds is 3. The van der Waals surface area contributed by atoms with Gasteiger partial charge in [0.15, 0.2) is 5.69 Å². The van der Waals surface area contributed by atoms with Gasteiger partial charge in [0.05, 0.1) is 17.6 Å². The van der Waals surface area contributed by atoms with Gasteiger partial charge in [-0.05, 0) is 25.1 Å². The predicted octanol–water partition coefficient (Wildman–Crippen LogP) is 3.61. The van der Waals surface area contributed by atoms with Crippen LogP contribution in [0.5, 0.6) is 5.88 Å². The summed E-state index contributed by atoms with van der Waals surface area (Å²) in [7, 11) is 0. The Kier molecular flexibility index (Phi) is 4.08. The monoisotopic (exact) mass is 318 g/mol. The summed E-state index contributed by atoms with van der Waals surface area (Å²) in [4.78, 5) is 16.1. The van der Waals surface area contributed by atoms with E-state index < -0.39 is 5.91 Å². The molecule has 0 aliphatic heterocycles. The molecule has 3 aromatic rings. The number of hydrogen-bond acceptors (Lipinski definition) is 4. The van der Waals surface area contributed by atoms with Crippen molar-refractivity contribution < 1.29 is 9.90 Å². The van der Waals surface area contributed by atoms with Crippen LogP contribution in [0.1, 0.15) is 16.1 Å². The fourth-order valence-corrected chi connectivity index (χ4v) is 2.37. The summed E-state index contributed by atoms with van der Waals surface area (Å²) in [5, 5.41) is 18.7. The third-order valence-electron chi connectivity index (χ3n) is 3.57. The second kappa shape index (κ2) is 6.34. The van der Waals surface area contributed by atoms with Crippen molar-refractivity contribution >= 4 is 22.5 Å². The highest BCUT2D eigenvalue weighted by molar-refractivity contribution is 5.97. The number of hydrogen-bond donors (Lipinski definition) is 1. The Morgan fingerprint density at radius 2 is 2.12 bits per heavy atom. The number of carbonyl (C=O) groups is 1. The van der Waals surface area contributed by atoms with Crippen LogP contribution in [-0.4, -0.2) is 20.6 Å². The van der Waals surface area contributed by atoms with E-state index in [2.05, 4.69) is 21.1 Å². The molecule has 0 atom stereocenters. The van der Waals surface area contributed by atoms with Crippen molar-refractivity contribution in [1.29, 1.82) is 0 Å². The Morgan fingerprint density at radius 1 is 1.33 bits per heavy atom. The van der Waals surface area contributed by atoms with Crippen molar-refractivity contribution in [2.24, 2.45) is 10.2 Å². The number of benzene rings is 1. The Balaban J connectivity index is 2.01. The van der Waals surface area contributed by atoms with E-state index in [9.17, 15) is 9.90 Å². The number of azo groups is 1. The van der Waals surface area contributed by atoms with Gasteiger partial charge >= 0.3 is 0 Å². The predicted molar refractivity (Wildman–Crippen MR) is 90.3 cm³/mol. The lowest BCUT2D eigenvalue weighted by atomic mass is 10.2. The quantitative estimate of drug-likeness (QED) is 0.592. The van der Waals surface area contributed by atoms with Crippen molar-refractivity contribution in [1.82, 2.24) is 9.55 Å². The van der Waals surface area contributed by atoms with Crippen LogP contribution in [0.15, 0.2) is 52.8 Å². The lowest BCUT2D eigenvalue weighted by molar-refractivity contribution is 0.0994. The van der Waals surface area contributed by atoms with Gasteiger partial charge in [0.25, 0.3) is 5.91 Å². The first-order chi connectivity index (χ1) is 11.6. The second-order valence-corrected chi connectivity index (χ2v) is 5.17. The van der Waals surface area contributed by atoms with Crippen LogP contribution < -0.4 is 0 Å². The zero-order valence-corrected chi connectivity index (χ0v) is 13.0. The lowest BCUT2D eigenvalue weighted by Gasteiger charge is -2.00. The van der Waals surface area contributed by atoms with E-state index in [1.807, 2.05) is 25.1 Å². The van der Waals surface area contributed by atoms with Crippen LogP contribution in [0.25, 0.3) is 10.9 Å². The summed E-state index contributed by atoms with van der Waals surface area (Å²) < 4.78 is 1.54. The van der Waals surface area contributed by atoms with Gasteiger partial charge in [-0.25, -0.2) is 0 Å². The second-order valence-electron chi connectivity index (χ2n) is 5.17. The average molecular weight is 318 g/mol. The molecule has 0 saturated heterocycles. The molecule has 0 aliphatic rings. The van der Waals surface area contributed by atoms with E-state index in [4.69, 9.17) is 6.42 Å². The summed E-state index contributed by atoms with van der Waals surface area (Å²) in [5.41, 5.74) is 2.08. The molecule has 0 saturated carbocycles. The Labute approximate surface area is 138 Å². The standard InChI is InChI=1S/C18H14N4O2/c1-3-10-22-15-7-5-4-6-14(15)16(18(22)24)20-21-17(23)13-9-8-12(2)19-11-13/h1,4-9,11,24H,10H2,2H3. The van der Waals surface area contributed by atoms with E-state index in [1.165, 1.54) is 6.20 Å². The summed E-state index contributed by atoms with van der Waals surface area (Å²) in [6.45, 7) is 2.02. The van der Waals surface area contributed by atoms with Crippen LogP contribution in [0.2, 0.25) is 0 Å². The summed E-state index contributed by atoms with van der Waals surface area (Å²) >= 11 is 0. The zero-order chi connectivity index (χ0) is 17.1.